The molecule has 1 heteroatoms. The molecule has 0 radical (unpaired) electrons. The molecule has 16 heavy (non-hydrogen) atoms. The highest BCUT2D eigenvalue weighted by molar-refractivity contribution is 5.66. The Morgan fingerprint density at radius 1 is 1.31 bits per heavy atom. The van der Waals surface area contributed by atoms with E-state index in [9.17, 15) is 0 Å². The molecule has 0 aromatic heterocycles. The van der Waals surface area contributed by atoms with Crippen molar-refractivity contribution in [3.05, 3.63) is 36.0 Å². The van der Waals surface area contributed by atoms with Crippen molar-refractivity contribution in [1.29, 1.82) is 0 Å². The summed E-state index contributed by atoms with van der Waals surface area (Å²) < 4.78 is 0. The van der Waals surface area contributed by atoms with E-state index < -0.39 is 0 Å². The molecule has 1 aliphatic carbocycles. The minimum absolute atomic E-state index is 0.165. The molecule has 0 spiro atoms. The maximum absolute atomic E-state index is 4.36. The van der Waals surface area contributed by atoms with Gasteiger partial charge in [0.05, 0.1) is 0 Å². The number of hydrogen-bond acceptors (Lipinski definition) is 1. The fourth-order valence-corrected chi connectivity index (χ4v) is 1.74. The summed E-state index contributed by atoms with van der Waals surface area (Å²) in [4.78, 5) is 4.36. The van der Waals surface area contributed by atoms with Gasteiger partial charge in [-0.2, -0.15) is 0 Å². The van der Waals surface area contributed by atoms with Gasteiger partial charge in [0.2, 0.25) is 0 Å². The molecule has 1 nitrogen and oxygen atoms in total. The Morgan fingerprint density at radius 3 is 2.69 bits per heavy atom. The van der Waals surface area contributed by atoms with Gasteiger partial charge in [-0.3, -0.25) is 4.99 Å². The Balaban J connectivity index is 2.84. The first kappa shape index (κ1) is 13.0. The van der Waals surface area contributed by atoms with E-state index in [2.05, 4.69) is 69.3 Å². The SMILES string of the molecule is CC/N=C\C(CC)C1=CC=CC(C)(C)C=C1. The van der Waals surface area contributed by atoms with E-state index in [1.54, 1.807) is 0 Å². The second-order valence-corrected chi connectivity index (χ2v) is 4.84. The lowest BCUT2D eigenvalue weighted by Crippen LogP contribution is -2.04. The molecule has 0 bridgehead atoms. The normalized spacial score (nSPS) is 20.9. The summed E-state index contributed by atoms with van der Waals surface area (Å²) in [6.45, 7) is 9.59. The van der Waals surface area contributed by atoms with Gasteiger partial charge in [0.25, 0.3) is 0 Å². The van der Waals surface area contributed by atoms with Crippen molar-refractivity contribution in [3.63, 3.8) is 0 Å². The third-order valence-corrected chi connectivity index (χ3v) is 2.86. The summed E-state index contributed by atoms with van der Waals surface area (Å²) in [6, 6.07) is 0. The molecule has 1 aliphatic rings. The molecule has 0 aromatic rings. The first-order chi connectivity index (χ1) is 7.59. The molecule has 1 rings (SSSR count). The van der Waals surface area contributed by atoms with Crippen molar-refractivity contribution >= 4 is 6.21 Å². The zero-order chi connectivity index (χ0) is 12.0. The highest BCUT2D eigenvalue weighted by atomic mass is 14.7. The fourth-order valence-electron chi connectivity index (χ4n) is 1.74. The van der Waals surface area contributed by atoms with E-state index >= 15 is 0 Å². The summed E-state index contributed by atoms with van der Waals surface area (Å²) in [5.74, 6) is 0.453. The topological polar surface area (TPSA) is 12.4 Å². The number of allylic oxidation sites excluding steroid dienone is 6. The summed E-state index contributed by atoms with van der Waals surface area (Å²) in [7, 11) is 0. The fraction of sp³-hybridized carbons (Fsp3) is 0.533. The number of rotatable bonds is 4. The van der Waals surface area contributed by atoms with E-state index in [1.165, 1.54) is 5.57 Å². The smallest absolute Gasteiger partial charge is 0.0357 e. The first-order valence-electron chi connectivity index (χ1n) is 6.17. The summed E-state index contributed by atoms with van der Waals surface area (Å²) in [6.07, 6.45) is 14.3. The molecular weight excluding hydrogens is 194 g/mol. The van der Waals surface area contributed by atoms with Gasteiger partial charge in [-0.1, -0.05) is 51.2 Å². The third kappa shape index (κ3) is 3.80. The van der Waals surface area contributed by atoms with Crippen LogP contribution in [0.15, 0.2) is 40.9 Å². The number of hydrogen-bond donors (Lipinski definition) is 0. The van der Waals surface area contributed by atoms with Crippen molar-refractivity contribution < 1.29 is 0 Å². The molecule has 0 amide bonds. The molecule has 0 heterocycles. The van der Waals surface area contributed by atoms with Gasteiger partial charge in [0.1, 0.15) is 0 Å². The zero-order valence-corrected chi connectivity index (χ0v) is 10.9. The van der Waals surface area contributed by atoms with Crippen LogP contribution in [0.1, 0.15) is 34.1 Å². The summed E-state index contributed by atoms with van der Waals surface area (Å²) in [5.41, 5.74) is 1.53. The summed E-state index contributed by atoms with van der Waals surface area (Å²) >= 11 is 0. The van der Waals surface area contributed by atoms with Crippen molar-refractivity contribution in [2.24, 2.45) is 16.3 Å². The van der Waals surface area contributed by atoms with Crippen LogP contribution in [0.4, 0.5) is 0 Å². The van der Waals surface area contributed by atoms with Gasteiger partial charge in [-0.25, -0.2) is 0 Å². The largest absolute Gasteiger partial charge is 0.297 e. The average molecular weight is 217 g/mol. The van der Waals surface area contributed by atoms with Gasteiger partial charge < -0.3 is 0 Å². The van der Waals surface area contributed by atoms with Crippen LogP contribution in [-0.4, -0.2) is 12.8 Å². The van der Waals surface area contributed by atoms with Crippen LogP contribution in [0.2, 0.25) is 0 Å². The van der Waals surface area contributed by atoms with Gasteiger partial charge in [0, 0.05) is 24.1 Å². The molecule has 0 N–H and O–H groups in total. The highest BCUT2D eigenvalue weighted by Crippen LogP contribution is 2.25. The Labute approximate surface area is 99.7 Å². The minimum Gasteiger partial charge on any atom is -0.297 e. The molecule has 0 aliphatic heterocycles. The molecule has 0 saturated heterocycles. The molecule has 1 atom stereocenters. The lowest BCUT2D eigenvalue weighted by Gasteiger charge is -2.13. The van der Waals surface area contributed by atoms with Gasteiger partial charge in [-0.05, 0) is 18.9 Å². The van der Waals surface area contributed by atoms with E-state index in [0.29, 0.717) is 5.92 Å². The third-order valence-electron chi connectivity index (χ3n) is 2.86. The highest BCUT2D eigenvalue weighted by Gasteiger charge is 2.13. The van der Waals surface area contributed by atoms with Gasteiger partial charge in [0.15, 0.2) is 0 Å². The van der Waals surface area contributed by atoms with Gasteiger partial charge >= 0.3 is 0 Å². The molecule has 1 unspecified atom stereocenters. The predicted molar refractivity (Wildman–Crippen MR) is 73.0 cm³/mol. The maximum Gasteiger partial charge on any atom is 0.0357 e. The molecular formula is C15H23N. The van der Waals surface area contributed by atoms with Crippen molar-refractivity contribution in [2.45, 2.75) is 34.1 Å². The van der Waals surface area contributed by atoms with Crippen LogP contribution in [-0.2, 0) is 0 Å². The van der Waals surface area contributed by atoms with Crippen molar-refractivity contribution in [3.8, 4) is 0 Å². The monoisotopic (exact) mass is 217 g/mol. The lowest BCUT2D eigenvalue weighted by molar-refractivity contribution is 0.626. The number of aliphatic imine (C=N–C) groups is 1. The second-order valence-electron chi connectivity index (χ2n) is 4.84. The number of nitrogens with zero attached hydrogens (tertiary/aromatic N) is 1. The zero-order valence-electron chi connectivity index (χ0n) is 10.9. The maximum atomic E-state index is 4.36. The Morgan fingerprint density at radius 2 is 2.06 bits per heavy atom. The molecule has 88 valence electrons. The van der Waals surface area contributed by atoms with E-state index in [4.69, 9.17) is 0 Å². The molecule has 0 saturated carbocycles. The minimum atomic E-state index is 0.165. The van der Waals surface area contributed by atoms with Gasteiger partial charge in [-0.15, -0.1) is 0 Å². The second kappa shape index (κ2) is 5.83. The van der Waals surface area contributed by atoms with E-state index in [1.807, 2.05) is 0 Å². The van der Waals surface area contributed by atoms with Crippen LogP contribution in [0.25, 0.3) is 0 Å². The van der Waals surface area contributed by atoms with Crippen molar-refractivity contribution in [2.75, 3.05) is 6.54 Å². The summed E-state index contributed by atoms with van der Waals surface area (Å²) in [5, 5.41) is 0. The van der Waals surface area contributed by atoms with Crippen LogP contribution < -0.4 is 0 Å². The Kier molecular flexibility index (Phi) is 4.72. The average Bonchev–Trinajstić information content (AvgIpc) is 2.41. The van der Waals surface area contributed by atoms with Crippen LogP contribution in [0.5, 0.6) is 0 Å². The predicted octanol–water partition coefficient (Wildman–Crippen LogP) is 4.18. The van der Waals surface area contributed by atoms with Crippen LogP contribution in [0, 0.1) is 11.3 Å². The standard InChI is InChI=1S/C15H23N/c1-5-13(12-16-6-2)14-8-7-10-15(3,4)11-9-14/h7-13H,5-6H2,1-4H3/b16-12-. The molecule has 0 aromatic carbocycles. The lowest BCUT2D eigenvalue weighted by atomic mass is 9.91. The first-order valence-corrected chi connectivity index (χ1v) is 6.17. The Bertz CT molecular complexity index is 329. The van der Waals surface area contributed by atoms with E-state index in [0.717, 1.165) is 13.0 Å². The van der Waals surface area contributed by atoms with Crippen LogP contribution >= 0.6 is 0 Å². The Hall–Kier alpha value is -1.11. The quantitative estimate of drug-likeness (QED) is 0.626. The van der Waals surface area contributed by atoms with Crippen molar-refractivity contribution in [1.82, 2.24) is 0 Å². The molecule has 0 fully saturated rings. The van der Waals surface area contributed by atoms with E-state index in [-0.39, 0.29) is 5.41 Å². The van der Waals surface area contributed by atoms with Crippen LogP contribution in [0.3, 0.4) is 0 Å².